The molecule has 0 heterocycles. The van der Waals surface area contributed by atoms with Crippen molar-refractivity contribution in [2.45, 2.75) is 60.0 Å². The molecular weight excluding hydrogens is 290 g/mol. The van der Waals surface area contributed by atoms with Gasteiger partial charge in [-0.3, -0.25) is 0 Å². The van der Waals surface area contributed by atoms with E-state index in [2.05, 4.69) is 58.1 Å². The van der Waals surface area contributed by atoms with Crippen molar-refractivity contribution in [3.8, 4) is 0 Å². The molecule has 0 saturated heterocycles. The normalized spacial score (nSPS) is 27.5. The van der Waals surface area contributed by atoms with Crippen molar-refractivity contribution in [3.05, 3.63) is 34.9 Å². The van der Waals surface area contributed by atoms with E-state index in [1.807, 2.05) is 0 Å². The molecular formula is C19H29NOS. The predicted octanol–water partition coefficient (Wildman–Crippen LogP) is 4.15. The van der Waals surface area contributed by atoms with Crippen molar-refractivity contribution in [2.24, 2.45) is 10.8 Å². The summed E-state index contributed by atoms with van der Waals surface area (Å²) in [6.45, 7) is 11.8. The van der Waals surface area contributed by atoms with Crippen LogP contribution in [-0.4, -0.2) is 22.7 Å². The zero-order valence-electron chi connectivity index (χ0n) is 14.5. The van der Waals surface area contributed by atoms with Crippen molar-refractivity contribution in [2.75, 3.05) is 6.54 Å². The van der Waals surface area contributed by atoms with Crippen LogP contribution in [0.3, 0.4) is 0 Å². The van der Waals surface area contributed by atoms with E-state index in [0.717, 1.165) is 36.4 Å². The van der Waals surface area contributed by atoms with Crippen molar-refractivity contribution < 1.29 is 5.11 Å². The van der Waals surface area contributed by atoms with E-state index < -0.39 is 0 Å². The topological polar surface area (TPSA) is 32.3 Å². The Labute approximate surface area is 140 Å². The Kier molecular flexibility index (Phi) is 4.98. The number of thiocarbonyl (C=S) groups is 1. The average Bonchev–Trinajstić information content (AvgIpc) is 2.33. The van der Waals surface area contributed by atoms with Crippen LogP contribution >= 0.6 is 12.2 Å². The molecule has 0 spiro atoms. The van der Waals surface area contributed by atoms with Gasteiger partial charge in [0, 0.05) is 12.1 Å². The van der Waals surface area contributed by atoms with E-state index in [0.29, 0.717) is 0 Å². The van der Waals surface area contributed by atoms with Gasteiger partial charge in [0.2, 0.25) is 0 Å². The van der Waals surface area contributed by atoms with Gasteiger partial charge in [0.15, 0.2) is 0 Å². The van der Waals surface area contributed by atoms with Crippen molar-refractivity contribution >= 4 is 17.2 Å². The maximum absolute atomic E-state index is 10.2. The summed E-state index contributed by atoms with van der Waals surface area (Å²) in [5, 5.41) is 13.6. The number of aryl methyl sites for hydroxylation is 2. The molecule has 3 heteroatoms. The lowest BCUT2D eigenvalue weighted by Crippen LogP contribution is -2.45. The Balaban J connectivity index is 2.04. The van der Waals surface area contributed by atoms with Gasteiger partial charge in [-0.2, -0.15) is 0 Å². The van der Waals surface area contributed by atoms with Gasteiger partial charge in [-0.05, 0) is 49.5 Å². The number of hydrogen-bond acceptors (Lipinski definition) is 2. The quantitative estimate of drug-likeness (QED) is 0.821. The second-order valence-corrected chi connectivity index (χ2v) is 8.62. The Morgan fingerprint density at radius 1 is 1.27 bits per heavy atom. The van der Waals surface area contributed by atoms with E-state index in [-0.39, 0.29) is 16.9 Å². The van der Waals surface area contributed by atoms with Gasteiger partial charge in [0.05, 0.1) is 6.10 Å². The third kappa shape index (κ3) is 4.30. The van der Waals surface area contributed by atoms with Crippen LogP contribution in [0.25, 0.3) is 0 Å². The number of aliphatic hydroxyl groups excluding tert-OH is 1. The van der Waals surface area contributed by atoms with Crippen molar-refractivity contribution in [1.82, 2.24) is 5.32 Å². The average molecular weight is 320 g/mol. The summed E-state index contributed by atoms with van der Waals surface area (Å²) in [6, 6.07) is 6.37. The molecule has 0 radical (unpaired) electrons. The molecule has 1 aliphatic rings. The van der Waals surface area contributed by atoms with Crippen molar-refractivity contribution in [3.63, 3.8) is 0 Å². The molecule has 1 aromatic rings. The highest BCUT2D eigenvalue weighted by Gasteiger charge is 2.40. The first kappa shape index (κ1) is 17.4. The molecule has 2 nitrogen and oxygen atoms in total. The van der Waals surface area contributed by atoms with E-state index in [9.17, 15) is 5.11 Å². The van der Waals surface area contributed by atoms with Crippen LogP contribution in [0, 0.1) is 24.7 Å². The van der Waals surface area contributed by atoms with Gasteiger partial charge in [0.1, 0.15) is 4.99 Å². The van der Waals surface area contributed by atoms with Crippen LogP contribution in [0.15, 0.2) is 18.2 Å². The van der Waals surface area contributed by atoms with Crippen LogP contribution in [0.2, 0.25) is 0 Å². The van der Waals surface area contributed by atoms with Gasteiger partial charge in [-0.25, -0.2) is 0 Å². The fourth-order valence-corrected chi connectivity index (χ4v) is 4.47. The lowest BCUT2D eigenvalue weighted by atomic mass is 9.63. The van der Waals surface area contributed by atoms with E-state index >= 15 is 0 Å². The number of nitrogens with one attached hydrogen (secondary N) is 1. The highest BCUT2D eigenvalue weighted by atomic mass is 32.1. The van der Waals surface area contributed by atoms with Gasteiger partial charge in [-0.1, -0.05) is 56.8 Å². The first-order valence-electron chi connectivity index (χ1n) is 8.14. The maximum atomic E-state index is 10.2. The SMILES string of the molecule is Cc1ccc(C(=S)NC[C@@]2(C)C[C@@H](O)CC(C)(C)C2)c(C)c1. The second-order valence-electron chi connectivity index (χ2n) is 8.21. The molecule has 1 aliphatic carbocycles. The molecule has 0 unspecified atom stereocenters. The maximum Gasteiger partial charge on any atom is 0.106 e. The standard InChI is InChI=1S/C19H29NOS/c1-13-6-7-16(14(2)8-13)17(22)20-12-19(5)10-15(21)9-18(3,4)11-19/h6-8,15,21H,9-12H2,1-5H3,(H,20,22)/t15-,19-/m0/s1. The molecule has 122 valence electrons. The zero-order valence-corrected chi connectivity index (χ0v) is 15.3. The molecule has 1 fully saturated rings. The first-order chi connectivity index (χ1) is 10.1. The summed E-state index contributed by atoms with van der Waals surface area (Å²) in [4.78, 5) is 0.816. The zero-order chi connectivity index (χ0) is 16.5. The van der Waals surface area contributed by atoms with E-state index in [1.165, 1.54) is 11.1 Å². The summed E-state index contributed by atoms with van der Waals surface area (Å²) in [5.41, 5.74) is 3.86. The largest absolute Gasteiger partial charge is 0.393 e. The first-order valence-corrected chi connectivity index (χ1v) is 8.55. The summed E-state index contributed by atoms with van der Waals surface area (Å²) >= 11 is 5.58. The number of benzene rings is 1. The number of aliphatic hydroxyl groups is 1. The van der Waals surface area contributed by atoms with E-state index in [4.69, 9.17) is 12.2 Å². The monoisotopic (exact) mass is 319 g/mol. The molecule has 1 saturated carbocycles. The van der Waals surface area contributed by atoms with Gasteiger partial charge in [-0.15, -0.1) is 0 Å². The Morgan fingerprint density at radius 2 is 1.95 bits per heavy atom. The lowest BCUT2D eigenvalue weighted by Gasteiger charge is -2.45. The van der Waals surface area contributed by atoms with Crippen LogP contribution in [-0.2, 0) is 0 Å². The minimum absolute atomic E-state index is 0.0871. The minimum atomic E-state index is -0.203. The molecule has 0 bridgehead atoms. The second kappa shape index (κ2) is 6.29. The molecule has 1 aromatic carbocycles. The molecule has 0 aromatic heterocycles. The number of rotatable bonds is 3. The van der Waals surface area contributed by atoms with Gasteiger partial charge in [0.25, 0.3) is 0 Å². The summed E-state index contributed by atoms with van der Waals surface area (Å²) in [5.74, 6) is 0. The van der Waals surface area contributed by atoms with Gasteiger partial charge < -0.3 is 10.4 Å². The number of hydrogen-bond donors (Lipinski definition) is 2. The Bertz CT molecular complexity index is 567. The smallest absolute Gasteiger partial charge is 0.106 e. The third-order valence-corrected chi connectivity index (χ3v) is 5.09. The Morgan fingerprint density at radius 3 is 2.55 bits per heavy atom. The molecule has 0 aliphatic heterocycles. The summed E-state index contributed by atoms with van der Waals surface area (Å²) in [7, 11) is 0. The third-order valence-electron chi connectivity index (χ3n) is 4.72. The van der Waals surface area contributed by atoms with Gasteiger partial charge >= 0.3 is 0 Å². The molecule has 2 rings (SSSR count). The van der Waals surface area contributed by atoms with E-state index in [1.54, 1.807) is 0 Å². The summed E-state index contributed by atoms with van der Waals surface area (Å²) in [6.07, 6.45) is 2.65. The van der Waals surface area contributed by atoms with Crippen LogP contribution in [0.5, 0.6) is 0 Å². The van der Waals surface area contributed by atoms with Crippen molar-refractivity contribution in [1.29, 1.82) is 0 Å². The fraction of sp³-hybridized carbons (Fsp3) is 0.632. The molecule has 22 heavy (non-hydrogen) atoms. The molecule has 2 N–H and O–H groups in total. The highest BCUT2D eigenvalue weighted by molar-refractivity contribution is 7.80. The Hall–Kier alpha value is -0.930. The van der Waals surface area contributed by atoms with Crippen LogP contribution < -0.4 is 5.32 Å². The highest BCUT2D eigenvalue weighted by Crippen LogP contribution is 2.45. The fourth-order valence-electron chi connectivity index (χ4n) is 4.17. The minimum Gasteiger partial charge on any atom is -0.393 e. The summed E-state index contributed by atoms with van der Waals surface area (Å²) < 4.78 is 0. The van der Waals surface area contributed by atoms with Crippen LogP contribution in [0.1, 0.15) is 56.7 Å². The van der Waals surface area contributed by atoms with Crippen LogP contribution in [0.4, 0.5) is 0 Å². The molecule has 2 atom stereocenters. The lowest BCUT2D eigenvalue weighted by molar-refractivity contribution is -0.00679. The predicted molar refractivity (Wildman–Crippen MR) is 97.4 cm³/mol. The molecule has 0 amide bonds.